The van der Waals surface area contributed by atoms with Crippen LogP contribution in [0.4, 0.5) is 0 Å². The fourth-order valence-electron chi connectivity index (χ4n) is 3.19. The van der Waals surface area contributed by atoms with E-state index in [-0.39, 0.29) is 17.3 Å². The number of nitrogens with zero attached hydrogens (tertiary/aromatic N) is 1. The fraction of sp³-hybridized carbons (Fsp3) is 0.190. The lowest BCUT2D eigenvalue weighted by molar-refractivity contribution is -0.117. The van der Waals surface area contributed by atoms with E-state index in [2.05, 4.69) is 0 Å². The van der Waals surface area contributed by atoms with Gasteiger partial charge in [0.25, 0.3) is 0 Å². The third-order valence-electron chi connectivity index (χ3n) is 4.34. The molecule has 5 heteroatoms. The number of halogens is 1. The number of nitriles is 1. The van der Waals surface area contributed by atoms with E-state index in [1.807, 2.05) is 36.4 Å². The second kappa shape index (κ2) is 7.55. The molecule has 3 rings (SSSR count). The number of hydrogen-bond donors (Lipinski definition) is 0. The van der Waals surface area contributed by atoms with Gasteiger partial charge < -0.3 is 9.21 Å². The zero-order valence-corrected chi connectivity index (χ0v) is 14.9. The smallest absolute Gasteiger partial charge is 0.354 e. The van der Waals surface area contributed by atoms with Gasteiger partial charge in [-0.3, -0.25) is 0 Å². The average Bonchev–Trinajstić information content (AvgIpc) is 2.62. The molecule has 0 aliphatic carbocycles. The largest absolute Gasteiger partial charge is 0.422 e. The average molecular weight is 366 g/mol. The molecule has 1 atom stereocenters. The van der Waals surface area contributed by atoms with E-state index < -0.39 is 5.63 Å². The van der Waals surface area contributed by atoms with Crippen LogP contribution < -0.4 is 5.63 Å². The first kappa shape index (κ1) is 17.9. The maximum atomic E-state index is 12.2. The van der Waals surface area contributed by atoms with Crippen molar-refractivity contribution in [2.24, 2.45) is 0 Å². The molecule has 130 valence electrons. The number of ketones is 1. The zero-order chi connectivity index (χ0) is 18.7. The van der Waals surface area contributed by atoms with Crippen LogP contribution in [0.15, 0.2) is 57.7 Å². The highest BCUT2D eigenvalue weighted by Gasteiger charge is 2.21. The molecular formula is C21H16ClNO3. The Morgan fingerprint density at radius 3 is 2.62 bits per heavy atom. The van der Waals surface area contributed by atoms with Gasteiger partial charge in [-0.25, -0.2) is 4.79 Å². The van der Waals surface area contributed by atoms with Crippen LogP contribution >= 0.6 is 11.6 Å². The molecule has 26 heavy (non-hydrogen) atoms. The SMILES string of the molecule is CC(=O)C[C@H](Cc1c(C#N)c(=O)oc2ccc(Cl)cc12)c1ccccc1. The molecule has 0 saturated carbocycles. The van der Waals surface area contributed by atoms with Crippen molar-refractivity contribution in [3.8, 4) is 6.07 Å². The molecular weight excluding hydrogens is 350 g/mol. The van der Waals surface area contributed by atoms with Gasteiger partial charge >= 0.3 is 5.63 Å². The first-order valence-electron chi connectivity index (χ1n) is 8.19. The monoisotopic (exact) mass is 365 g/mol. The first-order chi connectivity index (χ1) is 12.5. The van der Waals surface area contributed by atoms with Crippen molar-refractivity contribution < 1.29 is 9.21 Å². The van der Waals surface area contributed by atoms with E-state index in [4.69, 9.17) is 16.0 Å². The van der Waals surface area contributed by atoms with Gasteiger partial charge in [-0.1, -0.05) is 41.9 Å². The summed E-state index contributed by atoms with van der Waals surface area (Å²) in [5.74, 6) is -0.104. The molecule has 0 spiro atoms. The Labute approximate surface area is 155 Å². The molecule has 0 radical (unpaired) electrons. The lowest BCUT2D eigenvalue weighted by Gasteiger charge is -2.18. The summed E-state index contributed by atoms with van der Waals surface area (Å²) in [6.07, 6.45) is 0.687. The third kappa shape index (κ3) is 3.68. The van der Waals surface area contributed by atoms with Gasteiger partial charge in [-0.2, -0.15) is 5.26 Å². The molecule has 0 bridgehead atoms. The maximum Gasteiger partial charge on any atom is 0.354 e. The van der Waals surface area contributed by atoms with Crippen molar-refractivity contribution in [2.45, 2.75) is 25.7 Å². The minimum Gasteiger partial charge on any atom is -0.422 e. The molecule has 4 nitrogen and oxygen atoms in total. The Morgan fingerprint density at radius 2 is 1.96 bits per heavy atom. The number of fused-ring (bicyclic) bond motifs is 1. The summed E-state index contributed by atoms with van der Waals surface area (Å²) in [5.41, 5.74) is 1.21. The summed E-state index contributed by atoms with van der Waals surface area (Å²) < 4.78 is 5.24. The number of hydrogen-bond acceptors (Lipinski definition) is 4. The number of benzene rings is 2. The second-order valence-electron chi connectivity index (χ2n) is 6.21. The Balaban J connectivity index is 2.19. The molecule has 0 aliphatic heterocycles. The molecule has 0 N–H and O–H groups in total. The van der Waals surface area contributed by atoms with Crippen LogP contribution in [0.5, 0.6) is 0 Å². The normalized spacial score (nSPS) is 11.9. The Kier molecular flexibility index (Phi) is 5.20. The first-order valence-corrected chi connectivity index (χ1v) is 8.57. The van der Waals surface area contributed by atoms with Crippen LogP contribution in [0.2, 0.25) is 5.02 Å². The lowest BCUT2D eigenvalue weighted by Crippen LogP contribution is -2.14. The Bertz CT molecular complexity index is 1060. The topological polar surface area (TPSA) is 71.1 Å². The quantitative estimate of drug-likeness (QED) is 0.618. The second-order valence-corrected chi connectivity index (χ2v) is 6.65. The Hall–Kier alpha value is -2.90. The van der Waals surface area contributed by atoms with E-state index in [1.54, 1.807) is 18.2 Å². The van der Waals surface area contributed by atoms with Crippen LogP contribution in [-0.2, 0) is 11.2 Å². The minimum atomic E-state index is -0.674. The summed E-state index contributed by atoms with van der Waals surface area (Å²) in [4.78, 5) is 24.0. The fourth-order valence-corrected chi connectivity index (χ4v) is 3.36. The number of carbonyl (C=O) groups is 1. The molecule has 0 fully saturated rings. The number of rotatable bonds is 5. The molecule has 3 aromatic rings. The van der Waals surface area contributed by atoms with Crippen LogP contribution in [0.3, 0.4) is 0 Å². The van der Waals surface area contributed by atoms with Crippen molar-refractivity contribution >= 4 is 28.4 Å². The maximum absolute atomic E-state index is 12.2. The van der Waals surface area contributed by atoms with Gasteiger partial charge in [0, 0.05) is 16.8 Å². The van der Waals surface area contributed by atoms with Crippen molar-refractivity contribution in [2.75, 3.05) is 0 Å². The highest BCUT2D eigenvalue weighted by Crippen LogP contribution is 2.30. The molecule has 1 heterocycles. The zero-order valence-electron chi connectivity index (χ0n) is 14.2. The van der Waals surface area contributed by atoms with Crippen LogP contribution in [0, 0.1) is 11.3 Å². The lowest BCUT2D eigenvalue weighted by atomic mass is 9.86. The number of carbonyl (C=O) groups excluding carboxylic acids is 1. The molecule has 0 saturated heterocycles. The van der Waals surface area contributed by atoms with Gasteiger partial charge in [0.1, 0.15) is 23.0 Å². The van der Waals surface area contributed by atoms with E-state index in [1.165, 1.54) is 6.92 Å². The standard InChI is InChI=1S/C21H16ClNO3/c1-13(24)9-15(14-5-3-2-4-6-14)10-17-18-11-16(22)7-8-20(18)26-21(25)19(17)12-23/h2-8,11,15H,9-10H2,1H3/t15-/m1/s1. The van der Waals surface area contributed by atoms with Gasteiger partial charge in [-0.15, -0.1) is 0 Å². The van der Waals surface area contributed by atoms with Gasteiger partial charge in [0.05, 0.1) is 0 Å². The summed E-state index contributed by atoms with van der Waals surface area (Å²) >= 11 is 6.11. The van der Waals surface area contributed by atoms with E-state index in [0.29, 0.717) is 34.4 Å². The summed E-state index contributed by atoms with van der Waals surface area (Å²) in [5, 5.41) is 10.6. The number of Topliss-reactive ketones (excluding diaryl/α,β-unsaturated/α-hetero) is 1. The van der Waals surface area contributed by atoms with Crippen molar-refractivity contribution in [1.82, 2.24) is 0 Å². The third-order valence-corrected chi connectivity index (χ3v) is 4.58. The van der Waals surface area contributed by atoms with Crippen LogP contribution in [0.1, 0.15) is 36.0 Å². The van der Waals surface area contributed by atoms with E-state index in [0.717, 1.165) is 5.56 Å². The van der Waals surface area contributed by atoms with Gasteiger partial charge in [0.2, 0.25) is 0 Å². The highest BCUT2D eigenvalue weighted by molar-refractivity contribution is 6.31. The molecule has 2 aromatic carbocycles. The van der Waals surface area contributed by atoms with E-state index >= 15 is 0 Å². The predicted molar refractivity (Wildman–Crippen MR) is 100 cm³/mol. The molecule has 0 unspecified atom stereocenters. The predicted octanol–water partition coefficient (Wildman–Crippen LogP) is 4.62. The summed E-state index contributed by atoms with van der Waals surface area (Å²) in [7, 11) is 0. The molecule has 0 amide bonds. The van der Waals surface area contributed by atoms with Crippen molar-refractivity contribution in [3.63, 3.8) is 0 Å². The van der Waals surface area contributed by atoms with Crippen LogP contribution in [-0.4, -0.2) is 5.78 Å². The molecule has 1 aromatic heterocycles. The molecule has 0 aliphatic rings. The minimum absolute atomic E-state index is 0.0377. The van der Waals surface area contributed by atoms with Gasteiger partial charge in [0.15, 0.2) is 0 Å². The van der Waals surface area contributed by atoms with Gasteiger partial charge in [-0.05, 0) is 48.6 Å². The van der Waals surface area contributed by atoms with Crippen molar-refractivity contribution in [1.29, 1.82) is 5.26 Å². The van der Waals surface area contributed by atoms with Crippen LogP contribution in [0.25, 0.3) is 11.0 Å². The van der Waals surface area contributed by atoms with Crippen molar-refractivity contribution in [3.05, 3.63) is 80.7 Å². The Morgan fingerprint density at radius 1 is 1.23 bits per heavy atom. The van der Waals surface area contributed by atoms with E-state index in [9.17, 15) is 14.9 Å². The highest BCUT2D eigenvalue weighted by atomic mass is 35.5. The summed E-state index contributed by atoms with van der Waals surface area (Å²) in [6.45, 7) is 1.54. The summed E-state index contributed by atoms with van der Waals surface area (Å²) in [6, 6.07) is 16.5.